The van der Waals surface area contributed by atoms with E-state index in [9.17, 15) is 14.4 Å². The number of carbonyl (C=O) groups excluding carboxylic acids is 2. The van der Waals surface area contributed by atoms with Crippen LogP contribution in [-0.2, 0) is 9.59 Å². The number of hydrogen-bond donors (Lipinski definition) is 3. The Bertz CT molecular complexity index is 325. The van der Waals surface area contributed by atoms with Crippen LogP contribution in [0.15, 0.2) is 0 Å². The van der Waals surface area contributed by atoms with Crippen molar-refractivity contribution >= 4 is 29.7 Å². The summed E-state index contributed by atoms with van der Waals surface area (Å²) in [6.07, 6.45) is 2.21. The molecule has 0 radical (unpaired) electrons. The smallest absolute Gasteiger partial charge is 0.326 e. The second-order valence-electron chi connectivity index (χ2n) is 3.81. The zero-order valence-electron chi connectivity index (χ0n) is 11.4. The van der Waals surface area contributed by atoms with Gasteiger partial charge in [0.25, 0.3) is 0 Å². The molecular formula is C11H21N3O4S. The molecule has 0 unspecified atom stereocenters. The Morgan fingerprint density at radius 1 is 1.37 bits per heavy atom. The number of carboxylic acid groups (broad SMARTS) is 1. The fourth-order valence-corrected chi connectivity index (χ4v) is 1.78. The van der Waals surface area contributed by atoms with Gasteiger partial charge in [-0.2, -0.15) is 11.8 Å². The molecule has 0 heterocycles. The van der Waals surface area contributed by atoms with Crippen molar-refractivity contribution in [3.05, 3.63) is 0 Å². The summed E-state index contributed by atoms with van der Waals surface area (Å²) >= 11 is 1.51. The first-order chi connectivity index (χ1) is 8.96. The highest BCUT2D eigenvalue weighted by Gasteiger charge is 2.23. The number of carbonyl (C=O) groups is 3. The Balaban J connectivity index is 4.50. The molecule has 0 saturated carbocycles. The number of nitrogens with zero attached hydrogens (tertiary/aromatic N) is 1. The zero-order valence-corrected chi connectivity index (χ0v) is 12.2. The van der Waals surface area contributed by atoms with Crippen LogP contribution in [-0.4, -0.2) is 66.1 Å². The van der Waals surface area contributed by atoms with E-state index < -0.39 is 18.0 Å². The van der Waals surface area contributed by atoms with E-state index in [0.717, 1.165) is 0 Å². The maximum Gasteiger partial charge on any atom is 0.326 e. The van der Waals surface area contributed by atoms with Crippen LogP contribution in [0.1, 0.15) is 13.3 Å². The second kappa shape index (κ2) is 9.48. The Morgan fingerprint density at radius 2 is 2.00 bits per heavy atom. The van der Waals surface area contributed by atoms with Crippen molar-refractivity contribution in [2.24, 2.45) is 0 Å². The Hall–Kier alpha value is -1.44. The topological polar surface area (TPSA) is 98.7 Å². The lowest BCUT2D eigenvalue weighted by Gasteiger charge is -2.23. The van der Waals surface area contributed by atoms with Gasteiger partial charge in [0.1, 0.15) is 12.6 Å². The number of rotatable bonds is 8. The molecule has 8 heteroatoms. The van der Waals surface area contributed by atoms with Gasteiger partial charge in [-0.05, 0) is 25.4 Å². The summed E-state index contributed by atoms with van der Waals surface area (Å²) in [4.78, 5) is 35.4. The van der Waals surface area contributed by atoms with Crippen LogP contribution in [0.25, 0.3) is 0 Å². The maximum absolute atomic E-state index is 11.9. The third-order valence-electron chi connectivity index (χ3n) is 2.49. The molecule has 0 spiro atoms. The highest BCUT2D eigenvalue weighted by atomic mass is 32.2. The summed E-state index contributed by atoms with van der Waals surface area (Å²) in [5.41, 5.74) is 0. The molecule has 3 amide bonds. The maximum atomic E-state index is 11.9. The predicted molar refractivity (Wildman–Crippen MR) is 74.3 cm³/mol. The summed E-state index contributed by atoms with van der Waals surface area (Å²) in [5, 5.41) is 13.9. The highest BCUT2D eigenvalue weighted by molar-refractivity contribution is 7.98. The first-order valence-corrected chi connectivity index (χ1v) is 7.33. The van der Waals surface area contributed by atoms with Crippen molar-refractivity contribution in [3.8, 4) is 0 Å². The molecule has 0 aliphatic rings. The zero-order chi connectivity index (χ0) is 14.8. The largest absolute Gasteiger partial charge is 0.480 e. The van der Waals surface area contributed by atoms with Gasteiger partial charge in [-0.1, -0.05) is 0 Å². The first-order valence-electron chi connectivity index (χ1n) is 5.94. The predicted octanol–water partition coefficient (Wildman–Crippen LogP) is -0.0298. The number of hydrogen-bond acceptors (Lipinski definition) is 4. The minimum Gasteiger partial charge on any atom is -0.480 e. The molecular weight excluding hydrogens is 270 g/mol. The van der Waals surface area contributed by atoms with Gasteiger partial charge < -0.3 is 20.6 Å². The van der Waals surface area contributed by atoms with Crippen molar-refractivity contribution < 1.29 is 19.5 Å². The fraction of sp³-hybridized carbons (Fsp3) is 0.727. The number of amides is 3. The molecule has 0 fully saturated rings. The van der Waals surface area contributed by atoms with E-state index in [1.54, 1.807) is 6.92 Å². The molecule has 1 atom stereocenters. The minimum atomic E-state index is -1.07. The van der Waals surface area contributed by atoms with Gasteiger partial charge in [0.15, 0.2) is 0 Å². The molecule has 0 aromatic carbocycles. The third kappa shape index (κ3) is 6.90. The van der Waals surface area contributed by atoms with E-state index in [1.807, 2.05) is 6.26 Å². The van der Waals surface area contributed by atoms with Gasteiger partial charge >= 0.3 is 12.0 Å². The van der Waals surface area contributed by atoms with E-state index in [4.69, 9.17) is 5.11 Å². The molecule has 0 aromatic rings. The number of urea groups is 1. The summed E-state index contributed by atoms with van der Waals surface area (Å²) in [5.74, 6) is -0.731. The average Bonchev–Trinajstić information content (AvgIpc) is 2.39. The quantitative estimate of drug-likeness (QED) is 0.583. The summed E-state index contributed by atoms with van der Waals surface area (Å²) in [6, 6.07) is -1.47. The van der Waals surface area contributed by atoms with Crippen LogP contribution < -0.4 is 10.6 Å². The van der Waals surface area contributed by atoms with E-state index in [2.05, 4.69) is 10.6 Å². The molecule has 110 valence electrons. The fourth-order valence-electron chi connectivity index (χ4n) is 1.31. The number of thioether (sulfide) groups is 1. The normalized spacial score (nSPS) is 11.5. The Labute approximate surface area is 117 Å². The van der Waals surface area contributed by atoms with Crippen LogP contribution >= 0.6 is 11.8 Å². The van der Waals surface area contributed by atoms with Gasteiger partial charge in [0, 0.05) is 13.6 Å². The molecule has 3 N–H and O–H groups in total. The average molecular weight is 291 g/mol. The van der Waals surface area contributed by atoms with E-state index in [1.165, 1.54) is 23.7 Å². The molecule has 0 aliphatic heterocycles. The van der Waals surface area contributed by atoms with Gasteiger partial charge in [-0.15, -0.1) is 0 Å². The monoisotopic (exact) mass is 291 g/mol. The SMILES string of the molecule is CCN(CC(=O)NC)C(=O)N[C@@H](CCSC)C(=O)O. The lowest BCUT2D eigenvalue weighted by Crippen LogP contribution is -2.50. The Kier molecular flexibility index (Phi) is 8.77. The number of carboxylic acids is 1. The standard InChI is InChI=1S/C11H21N3O4S/c1-4-14(7-9(15)12-2)11(18)13-8(10(16)17)5-6-19-3/h8H,4-7H2,1-3H3,(H,12,15)(H,13,18)(H,16,17)/t8-/m0/s1. The molecule has 7 nitrogen and oxygen atoms in total. The van der Waals surface area contributed by atoms with Crippen LogP contribution in [0, 0.1) is 0 Å². The summed E-state index contributed by atoms with van der Waals surface area (Å²) in [6.45, 7) is 1.96. The molecule has 0 saturated heterocycles. The van der Waals surface area contributed by atoms with Gasteiger partial charge in [0.05, 0.1) is 0 Å². The number of nitrogens with one attached hydrogen (secondary N) is 2. The van der Waals surface area contributed by atoms with E-state index in [0.29, 0.717) is 18.7 Å². The minimum absolute atomic E-state index is 0.0896. The van der Waals surface area contributed by atoms with Crippen molar-refractivity contribution in [2.45, 2.75) is 19.4 Å². The van der Waals surface area contributed by atoms with Gasteiger partial charge in [-0.25, -0.2) is 9.59 Å². The Morgan fingerprint density at radius 3 is 2.42 bits per heavy atom. The molecule has 19 heavy (non-hydrogen) atoms. The number of aliphatic carboxylic acids is 1. The molecule has 0 rings (SSSR count). The van der Waals surface area contributed by atoms with Crippen molar-refractivity contribution in [3.63, 3.8) is 0 Å². The summed E-state index contributed by atoms with van der Waals surface area (Å²) < 4.78 is 0. The van der Waals surface area contributed by atoms with Gasteiger partial charge in [0.2, 0.25) is 5.91 Å². The van der Waals surface area contributed by atoms with Crippen LogP contribution in [0.5, 0.6) is 0 Å². The third-order valence-corrected chi connectivity index (χ3v) is 3.13. The van der Waals surface area contributed by atoms with E-state index in [-0.39, 0.29) is 12.5 Å². The molecule has 0 bridgehead atoms. The van der Waals surface area contributed by atoms with Crippen molar-refractivity contribution in [1.82, 2.24) is 15.5 Å². The van der Waals surface area contributed by atoms with Crippen molar-refractivity contribution in [1.29, 1.82) is 0 Å². The van der Waals surface area contributed by atoms with Crippen LogP contribution in [0.3, 0.4) is 0 Å². The highest BCUT2D eigenvalue weighted by Crippen LogP contribution is 2.02. The first kappa shape index (κ1) is 17.6. The number of likely N-dealkylation sites (N-methyl/N-ethyl adjacent to an activating group) is 2. The molecule has 0 aromatic heterocycles. The lowest BCUT2D eigenvalue weighted by molar-refractivity contribution is -0.139. The van der Waals surface area contributed by atoms with Crippen LogP contribution in [0.4, 0.5) is 4.79 Å². The summed E-state index contributed by atoms with van der Waals surface area (Å²) in [7, 11) is 1.48. The molecule has 0 aliphatic carbocycles. The van der Waals surface area contributed by atoms with E-state index >= 15 is 0 Å². The lowest BCUT2D eigenvalue weighted by atomic mass is 10.2. The van der Waals surface area contributed by atoms with Crippen LogP contribution in [0.2, 0.25) is 0 Å². The second-order valence-corrected chi connectivity index (χ2v) is 4.79. The van der Waals surface area contributed by atoms with Crippen molar-refractivity contribution in [2.75, 3.05) is 32.1 Å². The van der Waals surface area contributed by atoms with Gasteiger partial charge in [-0.3, -0.25) is 4.79 Å².